The average Bonchev–Trinajstić information content (AvgIpc) is 2.50. The number of phenols is 1. The third kappa shape index (κ3) is 1.27. The maximum absolute atomic E-state index is 11.2. The quantitative estimate of drug-likeness (QED) is 0.775. The van der Waals surface area contributed by atoms with Crippen LogP contribution in [0.4, 0.5) is 0 Å². The van der Waals surface area contributed by atoms with Crippen molar-refractivity contribution in [2.75, 3.05) is 6.61 Å². The molecule has 3 heteroatoms. The van der Waals surface area contributed by atoms with Crippen LogP contribution in [0.3, 0.4) is 0 Å². The van der Waals surface area contributed by atoms with Crippen LogP contribution in [0.5, 0.6) is 11.5 Å². The summed E-state index contributed by atoms with van der Waals surface area (Å²) in [5, 5.41) is 9.52. The Labute approximate surface area is 81.6 Å². The second-order valence-corrected chi connectivity index (χ2v) is 3.04. The van der Waals surface area contributed by atoms with E-state index in [1.807, 2.05) is 6.92 Å². The molecule has 0 radical (unpaired) electrons. The lowest BCUT2D eigenvalue weighted by Crippen LogP contribution is -1.96. The third-order valence-electron chi connectivity index (χ3n) is 2.11. The third-order valence-corrected chi connectivity index (χ3v) is 2.11. The van der Waals surface area contributed by atoms with Crippen LogP contribution >= 0.6 is 0 Å². The largest absolute Gasteiger partial charge is 0.504 e. The number of fused-ring (bicyclic) bond motifs is 1. The first-order valence-electron chi connectivity index (χ1n) is 4.44. The maximum atomic E-state index is 11.2. The number of hydrogen-bond donors (Lipinski definition) is 1. The first-order chi connectivity index (χ1) is 6.72. The second-order valence-electron chi connectivity index (χ2n) is 3.04. The Morgan fingerprint density at radius 2 is 2.14 bits per heavy atom. The molecule has 0 spiro atoms. The molecule has 3 nitrogen and oxygen atoms in total. The smallest absolute Gasteiger partial charge is 0.186 e. The number of rotatable bonds is 2. The molecule has 0 heterocycles. The molecular weight excluding hydrogens is 180 g/mol. The fourth-order valence-corrected chi connectivity index (χ4v) is 1.46. The lowest BCUT2D eigenvalue weighted by Gasteiger charge is -2.07. The number of ether oxygens (including phenoxy) is 1. The molecule has 72 valence electrons. The van der Waals surface area contributed by atoms with Crippen LogP contribution in [0.15, 0.2) is 18.2 Å². The number of phenolic OH excluding ortho intramolecular Hbond substituents is 1. The van der Waals surface area contributed by atoms with E-state index in [1.54, 1.807) is 12.1 Å². The van der Waals surface area contributed by atoms with Crippen molar-refractivity contribution < 1.29 is 14.6 Å². The van der Waals surface area contributed by atoms with Crippen molar-refractivity contribution in [1.29, 1.82) is 0 Å². The van der Waals surface area contributed by atoms with Crippen LogP contribution in [0.2, 0.25) is 0 Å². The predicted molar refractivity (Wildman–Crippen MR) is 52.6 cm³/mol. The zero-order valence-electron chi connectivity index (χ0n) is 7.78. The molecule has 0 bridgehead atoms. The number of benzene rings is 1. The highest BCUT2D eigenvalue weighted by molar-refractivity contribution is 6.14. The van der Waals surface area contributed by atoms with E-state index >= 15 is 0 Å². The second kappa shape index (κ2) is 3.18. The molecule has 1 aliphatic carbocycles. The summed E-state index contributed by atoms with van der Waals surface area (Å²) in [6, 6.07) is 3.12. The summed E-state index contributed by atoms with van der Waals surface area (Å²) in [4.78, 5) is 11.2. The summed E-state index contributed by atoms with van der Waals surface area (Å²) >= 11 is 0. The molecular formula is C11H10O3. The van der Waals surface area contributed by atoms with Gasteiger partial charge in [0.1, 0.15) is 0 Å². The van der Waals surface area contributed by atoms with Gasteiger partial charge in [-0.15, -0.1) is 0 Å². The van der Waals surface area contributed by atoms with Crippen LogP contribution in [0, 0.1) is 0 Å². The maximum Gasteiger partial charge on any atom is 0.186 e. The minimum absolute atomic E-state index is 0.0163. The van der Waals surface area contributed by atoms with Gasteiger partial charge in [0, 0.05) is 5.56 Å². The normalized spacial score (nSPS) is 13.1. The number of allylic oxidation sites excluding steroid dienone is 1. The van der Waals surface area contributed by atoms with Gasteiger partial charge in [-0.3, -0.25) is 4.79 Å². The Hall–Kier alpha value is -1.77. The van der Waals surface area contributed by atoms with Crippen LogP contribution < -0.4 is 4.74 Å². The molecule has 2 rings (SSSR count). The predicted octanol–water partition coefficient (Wildman–Crippen LogP) is 2.00. The van der Waals surface area contributed by atoms with Crippen LogP contribution in [0.1, 0.15) is 22.8 Å². The van der Waals surface area contributed by atoms with Gasteiger partial charge in [-0.25, -0.2) is 0 Å². The Kier molecular flexibility index (Phi) is 2.00. The van der Waals surface area contributed by atoms with E-state index in [9.17, 15) is 9.90 Å². The molecule has 14 heavy (non-hydrogen) atoms. The summed E-state index contributed by atoms with van der Waals surface area (Å²) in [6.45, 7) is 2.33. The SMILES string of the molecule is CCOc1cc2c(cc1O)C(=O)C=C2. The monoisotopic (exact) mass is 190 g/mol. The van der Waals surface area contributed by atoms with Gasteiger partial charge in [-0.2, -0.15) is 0 Å². The van der Waals surface area contributed by atoms with Gasteiger partial charge in [0.2, 0.25) is 0 Å². The van der Waals surface area contributed by atoms with Crippen molar-refractivity contribution in [3.63, 3.8) is 0 Å². The van der Waals surface area contributed by atoms with E-state index in [0.717, 1.165) is 5.56 Å². The van der Waals surface area contributed by atoms with Gasteiger partial charge in [0.15, 0.2) is 17.3 Å². The number of hydrogen-bond acceptors (Lipinski definition) is 3. The number of carbonyl (C=O) groups excluding carboxylic acids is 1. The Morgan fingerprint density at radius 1 is 1.36 bits per heavy atom. The fraction of sp³-hybridized carbons (Fsp3) is 0.182. The number of aromatic hydroxyl groups is 1. The molecule has 1 N–H and O–H groups in total. The van der Waals surface area contributed by atoms with Gasteiger partial charge >= 0.3 is 0 Å². The van der Waals surface area contributed by atoms with Gasteiger partial charge in [0.25, 0.3) is 0 Å². The highest BCUT2D eigenvalue weighted by Gasteiger charge is 2.17. The van der Waals surface area contributed by atoms with E-state index in [0.29, 0.717) is 17.9 Å². The molecule has 1 aliphatic rings. The van der Waals surface area contributed by atoms with Gasteiger partial charge in [0.05, 0.1) is 6.61 Å². The van der Waals surface area contributed by atoms with E-state index in [1.165, 1.54) is 12.1 Å². The van der Waals surface area contributed by atoms with Crippen molar-refractivity contribution in [2.45, 2.75) is 6.92 Å². The van der Waals surface area contributed by atoms with Crippen LogP contribution in [-0.2, 0) is 0 Å². The molecule has 0 fully saturated rings. The van der Waals surface area contributed by atoms with Gasteiger partial charge < -0.3 is 9.84 Å². The highest BCUT2D eigenvalue weighted by Crippen LogP contribution is 2.33. The van der Waals surface area contributed by atoms with E-state index in [4.69, 9.17) is 4.74 Å². The van der Waals surface area contributed by atoms with E-state index in [-0.39, 0.29) is 11.5 Å². The van der Waals surface area contributed by atoms with Crippen molar-refractivity contribution in [3.05, 3.63) is 29.3 Å². The summed E-state index contributed by atoms with van der Waals surface area (Å²) in [5.74, 6) is 0.367. The topological polar surface area (TPSA) is 46.5 Å². The first-order valence-corrected chi connectivity index (χ1v) is 4.44. The van der Waals surface area contributed by atoms with Gasteiger partial charge in [-0.05, 0) is 30.7 Å². The first kappa shape index (κ1) is 8.81. The summed E-state index contributed by atoms with van der Waals surface area (Å²) in [6.07, 6.45) is 3.21. The summed E-state index contributed by atoms with van der Waals surface area (Å²) in [7, 11) is 0. The lowest BCUT2D eigenvalue weighted by molar-refractivity contribution is 0.104. The Balaban J connectivity index is 2.49. The standard InChI is InChI=1S/C11H10O3/c1-2-14-11-5-7-3-4-9(12)8(7)6-10(11)13/h3-6,13H,2H2,1H3. The summed E-state index contributed by atoms with van der Waals surface area (Å²) < 4.78 is 5.20. The average molecular weight is 190 g/mol. The molecule has 0 aromatic heterocycles. The Bertz CT molecular complexity index is 419. The zero-order valence-corrected chi connectivity index (χ0v) is 7.78. The number of ketones is 1. The Morgan fingerprint density at radius 3 is 2.86 bits per heavy atom. The molecule has 0 saturated heterocycles. The van der Waals surface area contributed by atoms with Crippen LogP contribution in [-0.4, -0.2) is 17.5 Å². The molecule has 0 saturated carbocycles. The van der Waals surface area contributed by atoms with Crippen molar-refractivity contribution >= 4 is 11.9 Å². The summed E-state index contributed by atoms with van der Waals surface area (Å²) in [5.41, 5.74) is 1.34. The van der Waals surface area contributed by atoms with Crippen molar-refractivity contribution in [1.82, 2.24) is 0 Å². The fourth-order valence-electron chi connectivity index (χ4n) is 1.46. The highest BCUT2D eigenvalue weighted by atomic mass is 16.5. The van der Waals surface area contributed by atoms with Crippen molar-refractivity contribution in [2.24, 2.45) is 0 Å². The molecule has 1 aromatic rings. The zero-order chi connectivity index (χ0) is 10.1. The van der Waals surface area contributed by atoms with Crippen LogP contribution in [0.25, 0.3) is 6.08 Å². The molecule has 1 aromatic carbocycles. The molecule has 0 unspecified atom stereocenters. The van der Waals surface area contributed by atoms with Crippen molar-refractivity contribution in [3.8, 4) is 11.5 Å². The number of carbonyl (C=O) groups is 1. The van der Waals surface area contributed by atoms with Gasteiger partial charge in [-0.1, -0.05) is 6.08 Å². The minimum atomic E-state index is -0.0710. The molecule has 0 aliphatic heterocycles. The van der Waals surface area contributed by atoms with E-state index < -0.39 is 0 Å². The minimum Gasteiger partial charge on any atom is -0.504 e. The molecule has 0 amide bonds. The molecule has 0 atom stereocenters. The van der Waals surface area contributed by atoms with E-state index in [2.05, 4.69) is 0 Å². The lowest BCUT2D eigenvalue weighted by atomic mass is 10.1.